The standard InChI is InChI=1S/C11H17N3O3S.ClH/c1-8(12)11(15)14-7-9-4-3-5-10(6-9)18(16,17)13-2;/h3-6,8,13H,7,12H2,1-2H3,(H,14,15);1H/t8-;/m1./s1. The Balaban J connectivity index is 0.00000324. The summed E-state index contributed by atoms with van der Waals surface area (Å²) in [6.45, 7) is 1.82. The lowest BCUT2D eigenvalue weighted by atomic mass is 10.2. The molecule has 0 aliphatic rings. The highest BCUT2D eigenvalue weighted by Gasteiger charge is 2.12. The van der Waals surface area contributed by atoms with Gasteiger partial charge in [-0.1, -0.05) is 12.1 Å². The molecule has 19 heavy (non-hydrogen) atoms. The summed E-state index contributed by atoms with van der Waals surface area (Å²) in [6, 6.07) is 5.76. The summed E-state index contributed by atoms with van der Waals surface area (Å²) in [6.07, 6.45) is 0. The molecule has 1 aromatic carbocycles. The molecule has 0 saturated carbocycles. The van der Waals surface area contributed by atoms with Gasteiger partial charge in [-0.15, -0.1) is 12.4 Å². The number of hydrogen-bond acceptors (Lipinski definition) is 4. The molecule has 6 nitrogen and oxygen atoms in total. The SMILES string of the molecule is CNS(=O)(=O)c1cccc(CNC(=O)[C@@H](C)N)c1.Cl. The summed E-state index contributed by atoms with van der Waals surface area (Å²) in [7, 11) is -2.12. The number of rotatable bonds is 5. The first kappa shape index (κ1) is 17.8. The number of sulfonamides is 1. The Kier molecular flexibility index (Phi) is 6.99. The Morgan fingerprint density at radius 3 is 2.58 bits per heavy atom. The fourth-order valence-corrected chi connectivity index (χ4v) is 2.09. The van der Waals surface area contributed by atoms with Gasteiger partial charge >= 0.3 is 0 Å². The van der Waals surface area contributed by atoms with Crippen molar-refractivity contribution in [1.29, 1.82) is 0 Å². The van der Waals surface area contributed by atoms with Crippen LogP contribution in [0.2, 0.25) is 0 Å². The second kappa shape index (κ2) is 7.44. The summed E-state index contributed by atoms with van der Waals surface area (Å²) in [5.74, 6) is -0.281. The van der Waals surface area contributed by atoms with Crippen LogP contribution in [0.3, 0.4) is 0 Å². The number of nitrogens with one attached hydrogen (secondary N) is 2. The van der Waals surface area contributed by atoms with Crippen LogP contribution >= 0.6 is 12.4 Å². The van der Waals surface area contributed by atoms with Crippen LogP contribution in [0.25, 0.3) is 0 Å². The van der Waals surface area contributed by atoms with Crippen LogP contribution in [0.4, 0.5) is 0 Å². The third-order valence-corrected chi connectivity index (χ3v) is 3.77. The molecular formula is C11H18ClN3O3S. The Labute approximate surface area is 119 Å². The van der Waals surface area contributed by atoms with Crippen LogP contribution in [-0.4, -0.2) is 27.4 Å². The maximum atomic E-state index is 11.6. The number of carbonyl (C=O) groups excluding carboxylic acids is 1. The van der Waals surface area contributed by atoms with Crippen LogP contribution in [-0.2, 0) is 21.4 Å². The summed E-state index contributed by atoms with van der Waals surface area (Å²) >= 11 is 0. The molecule has 0 heterocycles. The van der Waals surface area contributed by atoms with E-state index in [2.05, 4.69) is 10.0 Å². The van der Waals surface area contributed by atoms with Crippen molar-refractivity contribution in [2.75, 3.05) is 7.05 Å². The van der Waals surface area contributed by atoms with E-state index in [0.717, 1.165) is 0 Å². The van der Waals surface area contributed by atoms with Gasteiger partial charge in [0.15, 0.2) is 0 Å². The summed E-state index contributed by atoms with van der Waals surface area (Å²) < 4.78 is 25.4. The Morgan fingerprint density at radius 1 is 1.42 bits per heavy atom. The van der Waals surface area contributed by atoms with Gasteiger partial charge in [0.2, 0.25) is 15.9 Å². The zero-order valence-corrected chi connectivity index (χ0v) is 12.3. The van der Waals surface area contributed by atoms with Crippen LogP contribution in [0.1, 0.15) is 12.5 Å². The van der Waals surface area contributed by atoms with Crippen molar-refractivity contribution in [1.82, 2.24) is 10.0 Å². The predicted octanol–water partition coefficient (Wildman–Crippen LogP) is -0.0201. The predicted molar refractivity (Wildman–Crippen MR) is 75.4 cm³/mol. The van der Waals surface area contributed by atoms with Crippen LogP contribution in [0, 0.1) is 0 Å². The molecule has 0 aliphatic heterocycles. The quantitative estimate of drug-likeness (QED) is 0.711. The molecule has 1 atom stereocenters. The average molecular weight is 308 g/mol. The highest BCUT2D eigenvalue weighted by Crippen LogP contribution is 2.10. The van der Waals surface area contributed by atoms with Crippen molar-refractivity contribution < 1.29 is 13.2 Å². The second-order valence-electron chi connectivity index (χ2n) is 3.86. The lowest BCUT2D eigenvalue weighted by Gasteiger charge is -2.09. The minimum Gasteiger partial charge on any atom is -0.351 e. The summed E-state index contributed by atoms with van der Waals surface area (Å²) in [5.41, 5.74) is 6.10. The maximum absolute atomic E-state index is 11.6. The van der Waals surface area contributed by atoms with Gasteiger partial charge in [-0.2, -0.15) is 0 Å². The number of carbonyl (C=O) groups is 1. The van der Waals surface area contributed by atoms with Crippen molar-refractivity contribution in [2.45, 2.75) is 24.4 Å². The van der Waals surface area contributed by atoms with E-state index in [1.165, 1.54) is 19.2 Å². The maximum Gasteiger partial charge on any atom is 0.240 e. The smallest absolute Gasteiger partial charge is 0.240 e. The molecule has 0 unspecified atom stereocenters. The van der Waals surface area contributed by atoms with Crippen molar-refractivity contribution in [3.8, 4) is 0 Å². The topological polar surface area (TPSA) is 101 Å². The molecule has 8 heteroatoms. The van der Waals surface area contributed by atoms with Gasteiger partial charge in [-0.3, -0.25) is 4.79 Å². The Bertz CT molecular complexity index is 532. The molecule has 0 radical (unpaired) electrons. The van der Waals surface area contributed by atoms with Crippen molar-refractivity contribution >= 4 is 28.3 Å². The van der Waals surface area contributed by atoms with Gasteiger partial charge in [0, 0.05) is 6.54 Å². The highest BCUT2D eigenvalue weighted by atomic mass is 35.5. The zero-order valence-electron chi connectivity index (χ0n) is 10.7. The lowest BCUT2D eigenvalue weighted by molar-refractivity contribution is -0.122. The van der Waals surface area contributed by atoms with Crippen molar-refractivity contribution in [3.05, 3.63) is 29.8 Å². The molecule has 0 spiro atoms. The largest absolute Gasteiger partial charge is 0.351 e. The van der Waals surface area contributed by atoms with E-state index in [4.69, 9.17) is 5.73 Å². The summed E-state index contributed by atoms with van der Waals surface area (Å²) in [5, 5.41) is 2.62. The molecular weight excluding hydrogens is 290 g/mol. The van der Waals surface area contributed by atoms with Gasteiger partial charge in [0.25, 0.3) is 0 Å². The molecule has 1 aromatic rings. The monoisotopic (exact) mass is 307 g/mol. The summed E-state index contributed by atoms with van der Waals surface area (Å²) in [4.78, 5) is 11.5. The molecule has 1 rings (SSSR count). The molecule has 0 saturated heterocycles. The van der Waals surface area contributed by atoms with E-state index < -0.39 is 16.1 Å². The fourth-order valence-electron chi connectivity index (χ4n) is 1.29. The molecule has 0 aliphatic carbocycles. The van der Waals surface area contributed by atoms with E-state index in [1.807, 2.05) is 0 Å². The first-order valence-electron chi connectivity index (χ1n) is 5.42. The molecule has 0 bridgehead atoms. The second-order valence-corrected chi connectivity index (χ2v) is 5.75. The van der Waals surface area contributed by atoms with Gasteiger partial charge in [0.05, 0.1) is 10.9 Å². The molecule has 108 valence electrons. The van der Waals surface area contributed by atoms with Gasteiger partial charge in [0.1, 0.15) is 0 Å². The number of amides is 1. The fraction of sp³-hybridized carbons (Fsp3) is 0.364. The Hall–Kier alpha value is -1.15. The minimum absolute atomic E-state index is 0. The number of nitrogens with two attached hydrogens (primary N) is 1. The lowest BCUT2D eigenvalue weighted by Crippen LogP contribution is -2.37. The Morgan fingerprint density at radius 2 is 2.05 bits per heavy atom. The average Bonchev–Trinajstić information content (AvgIpc) is 2.36. The van der Waals surface area contributed by atoms with E-state index in [9.17, 15) is 13.2 Å². The molecule has 1 amide bonds. The van der Waals surface area contributed by atoms with E-state index in [0.29, 0.717) is 5.56 Å². The van der Waals surface area contributed by atoms with E-state index in [1.54, 1.807) is 19.1 Å². The highest BCUT2D eigenvalue weighted by molar-refractivity contribution is 7.89. The first-order chi connectivity index (χ1) is 8.36. The van der Waals surface area contributed by atoms with Crippen molar-refractivity contribution in [3.63, 3.8) is 0 Å². The molecule has 0 aromatic heterocycles. The molecule has 0 fully saturated rings. The first-order valence-corrected chi connectivity index (χ1v) is 6.91. The molecule has 4 N–H and O–H groups in total. The number of halogens is 1. The minimum atomic E-state index is -3.46. The van der Waals surface area contributed by atoms with Gasteiger partial charge < -0.3 is 11.1 Å². The van der Waals surface area contributed by atoms with Crippen LogP contribution in [0.5, 0.6) is 0 Å². The normalized spacial score (nSPS) is 12.4. The van der Waals surface area contributed by atoms with Gasteiger partial charge in [-0.05, 0) is 31.7 Å². The van der Waals surface area contributed by atoms with E-state index in [-0.39, 0.29) is 29.8 Å². The van der Waals surface area contributed by atoms with Crippen molar-refractivity contribution in [2.24, 2.45) is 5.73 Å². The van der Waals surface area contributed by atoms with Crippen LogP contribution in [0.15, 0.2) is 29.2 Å². The number of hydrogen-bond donors (Lipinski definition) is 3. The van der Waals surface area contributed by atoms with Crippen LogP contribution < -0.4 is 15.8 Å². The third-order valence-electron chi connectivity index (χ3n) is 2.36. The zero-order chi connectivity index (χ0) is 13.8. The number of benzene rings is 1. The van der Waals surface area contributed by atoms with E-state index >= 15 is 0 Å². The van der Waals surface area contributed by atoms with Gasteiger partial charge in [-0.25, -0.2) is 13.1 Å². The third kappa shape index (κ3) is 5.15.